The van der Waals surface area contributed by atoms with Gasteiger partial charge in [-0.05, 0) is 0 Å². The summed E-state index contributed by atoms with van der Waals surface area (Å²) in [5.41, 5.74) is 0. The number of carbonyl (C=O) groups is 2. The zero-order chi connectivity index (χ0) is 11.2. The first-order valence-corrected chi connectivity index (χ1v) is 6.54. The molecule has 2 aliphatic heterocycles. The van der Waals surface area contributed by atoms with Gasteiger partial charge >= 0.3 is 0 Å². The van der Waals surface area contributed by atoms with Crippen LogP contribution >= 0.6 is 0 Å². The Morgan fingerprint density at radius 2 is 1.60 bits per heavy atom. The fourth-order valence-electron chi connectivity index (χ4n) is 1.85. The van der Waals surface area contributed by atoms with Crippen LogP contribution in [0.5, 0.6) is 0 Å². The van der Waals surface area contributed by atoms with Crippen molar-refractivity contribution in [3.63, 3.8) is 0 Å². The quantitative estimate of drug-likeness (QED) is 0.559. The zero-order valence-electron chi connectivity index (χ0n) is 8.34. The number of imide groups is 1. The van der Waals surface area contributed by atoms with Crippen molar-refractivity contribution in [1.82, 2.24) is 9.21 Å². The van der Waals surface area contributed by atoms with Gasteiger partial charge < -0.3 is 0 Å². The second-order valence-corrected chi connectivity index (χ2v) is 5.87. The molecule has 2 heterocycles. The summed E-state index contributed by atoms with van der Waals surface area (Å²) in [6.07, 6.45) is 1.64. The molecule has 0 saturated carbocycles. The van der Waals surface area contributed by atoms with Crippen molar-refractivity contribution >= 4 is 21.8 Å². The topological polar surface area (TPSA) is 74.8 Å². The number of nitrogens with zero attached hydrogens (tertiary/aromatic N) is 2. The largest absolute Gasteiger partial charge is 0.277 e. The van der Waals surface area contributed by atoms with Crippen molar-refractivity contribution < 1.29 is 18.0 Å². The molecule has 0 aromatic rings. The summed E-state index contributed by atoms with van der Waals surface area (Å²) in [6.45, 7) is 0.493. The Balaban J connectivity index is 2.00. The van der Waals surface area contributed by atoms with Crippen LogP contribution in [0.2, 0.25) is 0 Å². The van der Waals surface area contributed by atoms with Gasteiger partial charge in [0.05, 0.1) is 12.3 Å². The van der Waals surface area contributed by atoms with Crippen molar-refractivity contribution in [2.24, 2.45) is 0 Å². The van der Waals surface area contributed by atoms with Crippen molar-refractivity contribution in [3.8, 4) is 0 Å². The monoisotopic (exact) mass is 232 g/mol. The van der Waals surface area contributed by atoms with Gasteiger partial charge in [-0.25, -0.2) is 8.42 Å². The molecule has 84 valence electrons. The van der Waals surface area contributed by atoms with E-state index in [1.165, 1.54) is 9.21 Å². The van der Waals surface area contributed by atoms with E-state index in [0.717, 1.165) is 6.26 Å². The first-order valence-electron chi connectivity index (χ1n) is 4.69. The van der Waals surface area contributed by atoms with Gasteiger partial charge in [0.2, 0.25) is 21.8 Å². The van der Waals surface area contributed by atoms with E-state index in [0.29, 0.717) is 0 Å². The molecule has 2 saturated heterocycles. The van der Waals surface area contributed by atoms with Gasteiger partial charge in [0.1, 0.15) is 0 Å². The van der Waals surface area contributed by atoms with E-state index in [-0.39, 0.29) is 43.8 Å². The summed E-state index contributed by atoms with van der Waals surface area (Å²) in [6, 6.07) is -0.248. The third-order valence-electron chi connectivity index (χ3n) is 2.75. The summed E-state index contributed by atoms with van der Waals surface area (Å²) in [5, 5.41) is 0. The molecule has 7 heteroatoms. The second kappa shape index (κ2) is 3.28. The molecule has 0 atom stereocenters. The van der Waals surface area contributed by atoms with Crippen molar-refractivity contribution in [3.05, 3.63) is 0 Å². The smallest absolute Gasteiger partial charge is 0.230 e. The van der Waals surface area contributed by atoms with E-state index in [2.05, 4.69) is 0 Å². The highest BCUT2D eigenvalue weighted by Crippen LogP contribution is 2.23. The standard InChI is InChI=1S/C8H12N2O4S/c1-15(13,14)9-4-6(5-9)10-7(11)2-3-8(10)12/h6H,2-5H2,1H3. The number of amides is 2. The molecule has 6 nitrogen and oxygen atoms in total. The number of sulfonamides is 1. The lowest BCUT2D eigenvalue weighted by molar-refractivity contribution is -0.143. The highest BCUT2D eigenvalue weighted by Gasteiger charge is 2.43. The van der Waals surface area contributed by atoms with Gasteiger partial charge in [0.15, 0.2) is 0 Å². The lowest BCUT2D eigenvalue weighted by atomic mass is 10.1. The number of carbonyl (C=O) groups excluding carboxylic acids is 2. The van der Waals surface area contributed by atoms with Crippen LogP contribution in [0, 0.1) is 0 Å². The van der Waals surface area contributed by atoms with E-state index in [1.807, 2.05) is 0 Å². The average molecular weight is 232 g/mol. The lowest BCUT2D eigenvalue weighted by Crippen LogP contribution is -2.61. The number of rotatable bonds is 2. The lowest BCUT2D eigenvalue weighted by Gasteiger charge is -2.41. The Bertz CT molecular complexity index is 394. The number of hydrogen-bond donors (Lipinski definition) is 0. The van der Waals surface area contributed by atoms with Crippen LogP contribution in [0.1, 0.15) is 12.8 Å². The summed E-state index contributed by atoms with van der Waals surface area (Å²) in [5.74, 6) is -0.365. The molecule has 2 rings (SSSR count). The van der Waals surface area contributed by atoms with Crippen molar-refractivity contribution in [1.29, 1.82) is 0 Å². The predicted octanol–water partition coefficient (Wildman–Crippen LogP) is -1.22. The van der Waals surface area contributed by atoms with Crippen LogP contribution in [0.25, 0.3) is 0 Å². The maximum atomic E-state index is 11.3. The van der Waals surface area contributed by atoms with Crippen LogP contribution < -0.4 is 0 Å². The summed E-state index contributed by atoms with van der Waals surface area (Å²) in [4.78, 5) is 23.8. The molecule has 0 radical (unpaired) electrons. The third-order valence-corrected chi connectivity index (χ3v) is 3.99. The van der Waals surface area contributed by atoms with Gasteiger partial charge in [-0.15, -0.1) is 0 Å². The fourth-order valence-corrected chi connectivity index (χ4v) is 2.74. The van der Waals surface area contributed by atoms with E-state index >= 15 is 0 Å². The fraction of sp³-hybridized carbons (Fsp3) is 0.750. The number of hydrogen-bond acceptors (Lipinski definition) is 4. The second-order valence-electron chi connectivity index (χ2n) is 3.89. The molecular formula is C8H12N2O4S. The molecule has 0 N–H and O–H groups in total. The van der Waals surface area contributed by atoms with E-state index < -0.39 is 10.0 Å². The summed E-state index contributed by atoms with van der Waals surface area (Å²) in [7, 11) is -3.18. The maximum absolute atomic E-state index is 11.3. The van der Waals surface area contributed by atoms with Crippen LogP contribution in [-0.4, -0.2) is 54.8 Å². The highest BCUT2D eigenvalue weighted by atomic mass is 32.2. The molecule has 0 aliphatic carbocycles. The Hall–Kier alpha value is -0.950. The van der Waals surface area contributed by atoms with E-state index in [9.17, 15) is 18.0 Å². The minimum absolute atomic E-state index is 0.182. The molecule has 0 bridgehead atoms. The van der Waals surface area contributed by atoms with Crippen LogP contribution in [0.4, 0.5) is 0 Å². The molecule has 2 aliphatic rings. The van der Waals surface area contributed by atoms with Gasteiger partial charge in [0.25, 0.3) is 0 Å². The Morgan fingerprint density at radius 1 is 1.13 bits per heavy atom. The Morgan fingerprint density at radius 3 is 2.00 bits per heavy atom. The first-order chi connectivity index (χ1) is 6.89. The van der Waals surface area contributed by atoms with Crippen LogP contribution in [0.3, 0.4) is 0 Å². The van der Waals surface area contributed by atoms with Gasteiger partial charge in [0, 0.05) is 25.9 Å². The molecule has 0 spiro atoms. The van der Waals surface area contributed by atoms with Crippen LogP contribution in [-0.2, 0) is 19.6 Å². The summed E-state index contributed by atoms with van der Waals surface area (Å²) < 4.78 is 23.4. The number of likely N-dealkylation sites (tertiary alicyclic amines) is 1. The molecule has 0 aromatic carbocycles. The molecular weight excluding hydrogens is 220 g/mol. The SMILES string of the molecule is CS(=O)(=O)N1CC(N2C(=O)CCC2=O)C1. The highest BCUT2D eigenvalue weighted by molar-refractivity contribution is 7.88. The van der Waals surface area contributed by atoms with Gasteiger partial charge in [-0.2, -0.15) is 4.31 Å². The van der Waals surface area contributed by atoms with E-state index in [4.69, 9.17) is 0 Å². The third kappa shape index (κ3) is 1.76. The molecule has 2 amide bonds. The van der Waals surface area contributed by atoms with E-state index in [1.54, 1.807) is 0 Å². The van der Waals surface area contributed by atoms with Crippen molar-refractivity contribution in [2.45, 2.75) is 18.9 Å². The average Bonchev–Trinajstić information content (AvgIpc) is 2.29. The molecule has 15 heavy (non-hydrogen) atoms. The van der Waals surface area contributed by atoms with Crippen molar-refractivity contribution in [2.75, 3.05) is 19.3 Å². The molecule has 0 unspecified atom stereocenters. The minimum Gasteiger partial charge on any atom is -0.277 e. The van der Waals surface area contributed by atoms with Gasteiger partial charge in [-0.1, -0.05) is 0 Å². The molecule has 0 aromatic heterocycles. The maximum Gasteiger partial charge on any atom is 0.230 e. The predicted molar refractivity (Wildman–Crippen MR) is 51.3 cm³/mol. The molecule has 2 fully saturated rings. The Kier molecular flexibility index (Phi) is 2.31. The van der Waals surface area contributed by atoms with Crippen LogP contribution in [0.15, 0.2) is 0 Å². The zero-order valence-corrected chi connectivity index (χ0v) is 9.16. The van der Waals surface area contributed by atoms with Gasteiger partial charge in [-0.3, -0.25) is 14.5 Å². The normalized spacial score (nSPS) is 24.7. The Labute approximate surface area is 87.9 Å². The first kappa shape index (κ1) is 10.6. The minimum atomic E-state index is -3.18. The summed E-state index contributed by atoms with van der Waals surface area (Å²) >= 11 is 0.